The second-order valence-corrected chi connectivity index (χ2v) is 5.47. The van der Waals surface area contributed by atoms with Crippen molar-refractivity contribution in [2.24, 2.45) is 5.92 Å². The molecule has 0 aliphatic heterocycles. The van der Waals surface area contributed by atoms with Crippen molar-refractivity contribution in [1.29, 1.82) is 0 Å². The van der Waals surface area contributed by atoms with Gasteiger partial charge >= 0.3 is 5.97 Å². The number of alkyl halides is 1. The molecule has 1 aromatic carbocycles. The van der Waals surface area contributed by atoms with E-state index in [2.05, 4.69) is 0 Å². The Hall–Kier alpha value is -1.02. The van der Waals surface area contributed by atoms with E-state index in [9.17, 15) is 4.79 Å². The average molecular weight is 267 g/mol. The maximum absolute atomic E-state index is 11.3. The van der Waals surface area contributed by atoms with E-state index in [0.717, 1.165) is 18.4 Å². The van der Waals surface area contributed by atoms with Crippen LogP contribution < -0.4 is 0 Å². The SMILES string of the molecule is CC(=O)O[C@H](c1ccccc1)[C@H]1CCCC[C@@H]1Cl. The summed E-state index contributed by atoms with van der Waals surface area (Å²) in [5.74, 6) is -0.00925. The zero-order valence-corrected chi connectivity index (χ0v) is 11.4. The van der Waals surface area contributed by atoms with Gasteiger partial charge in [0.05, 0.1) is 0 Å². The van der Waals surface area contributed by atoms with E-state index in [0.29, 0.717) is 0 Å². The fourth-order valence-electron chi connectivity index (χ4n) is 2.68. The lowest BCUT2D eigenvalue weighted by atomic mass is 9.82. The molecule has 0 N–H and O–H groups in total. The van der Waals surface area contributed by atoms with E-state index in [4.69, 9.17) is 16.3 Å². The quantitative estimate of drug-likeness (QED) is 0.608. The summed E-state index contributed by atoms with van der Waals surface area (Å²) in [5, 5.41) is 0.100. The van der Waals surface area contributed by atoms with Crippen molar-refractivity contribution in [3.8, 4) is 0 Å². The third-order valence-corrected chi connectivity index (χ3v) is 4.08. The minimum absolute atomic E-state index is 0.100. The molecule has 0 radical (unpaired) electrons. The van der Waals surface area contributed by atoms with Gasteiger partial charge < -0.3 is 4.74 Å². The molecule has 0 bridgehead atoms. The second-order valence-electron chi connectivity index (χ2n) is 4.91. The number of hydrogen-bond donors (Lipinski definition) is 0. The van der Waals surface area contributed by atoms with Gasteiger partial charge in [-0.25, -0.2) is 0 Å². The van der Waals surface area contributed by atoms with Crippen LogP contribution in [0.3, 0.4) is 0 Å². The van der Waals surface area contributed by atoms with Crippen molar-refractivity contribution >= 4 is 17.6 Å². The lowest BCUT2D eigenvalue weighted by molar-refractivity contribution is -0.150. The van der Waals surface area contributed by atoms with Crippen molar-refractivity contribution in [2.75, 3.05) is 0 Å². The summed E-state index contributed by atoms with van der Waals surface area (Å²) in [7, 11) is 0. The molecule has 18 heavy (non-hydrogen) atoms. The van der Waals surface area contributed by atoms with E-state index in [1.807, 2.05) is 30.3 Å². The minimum atomic E-state index is -0.238. The molecule has 3 heteroatoms. The Morgan fingerprint density at radius 2 is 1.94 bits per heavy atom. The zero-order chi connectivity index (χ0) is 13.0. The molecule has 2 nitrogen and oxygen atoms in total. The highest BCUT2D eigenvalue weighted by Crippen LogP contribution is 2.39. The van der Waals surface area contributed by atoms with E-state index in [1.165, 1.54) is 19.8 Å². The first kappa shape index (κ1) is 13.4. The van der Waals surface area contributed by atoms with Gasteiger partial charge in [-0.2, -0.15) is 0 Å². The van der Waals surface area contributed by atoms with E-state index in [1.54, 1.807) is 0 Å². The Labute approximate surface area is 113 Å². The van der Waals surface area contributed by atoms with Crippen molar-refractivity contribution in [3.05, 3.63) is 35.9 Å². The largest absolute Gasteiger partial charge is 0.457 e. The van der Waals surface area contributed by atoms with Crippen molar-refractivity contribution in [3.63, 3.8) is 0 Å². The van der Waals surface area contributed by atoms with Crippen molar-refractivity contribution < 1.29 is 9.53 Å². The summed E-state index contributed by atoms with van der Waals surface area (Å²) in [6.07, 6.45) is 4.18. The summed E-state index contributed by atoms with van der Waals surface area (Å²) in [5.41, 5.74) is 1.05. The van der Waals surface area contributed by atoms with Crippen LogP contribution in [0.4, 0.5) is 0 Å². The number of esters is 1. The summed E-state index contributed by atoms with van der Waals surface area (Å²) in [4.78, 5) is 11.3. The monoisotopic (exact) mass is 266 g/mol. The first-order chi connectivity index (χ1) is 8.68. The Balaban J connectivity index is 2.21. The molecule has 0 unspecified atom stereocenters. The Morgan fingerprint density at radius 1 is 1.28 bits per heavy atom. The molecule has 3 atom stereocenters. The first-order valence-electron chi connectivity index (χ1n) is 6.54. The first-order valence-corrected chi connectivity index (χ1v) is 6.98. The maximum atomic E-state index is 11.3. The maximum Gasteiger partial charge on any atom is 0.303 e. The third kappa shape index (κ3) is 3.26. The van der Waals surface area contributed by atoms with Gasteiger partial charge in [-0.05, 0) is 18.4 Å². The molecular formula is C15H19ClO2. The van der Waals surface area contributed by atoms with E-state index in [-0.39, 0.29) is 23.4 Å². The lowest BCUT2D eigenvalue weighted by Gasteiger charge is -2.33. The zero-order valence-electron chi connectivity index (χ0n) is 10.6. The fourth-order valence-corrected chi connectivity index (χ4v) is 3.09. The van der Waals surface area contributed by atoms with E-state index < -0.39 is 0 Å². The highest BCUT2D eigenvalue weighted by atomic mass is 35.5. The molecule has 98 valence electrons. The van der Waals surface area contributed by atoms with Crippen molar-refractivity contribution in [2.45, 2.75) is 44.1 Å². The standard InChI is InChI=1S/C15H19ClO2/c1-11(17)18-15(12-7-3-2-4-8-12)13-9-5-6-10-14(13)16/h2-4,7-8,13-15H,5-6,9-10H2,1H3/t13-,14-,15+/m0/s1. The predicted molar refractivity (Wildman–Crippen MR) is 72.5 cm³/mol. The van der Waals surface area contributed by atoms with Gasteiger partial charge in [0.15, 0.2) is 0 Å². The van der Waals surface area contributed by atoms with Gasteiger partial charge in [-0.3, -0.25) is 4.79 Å². The van der Waals surface area contributed by atoms with Crippen LogP contribution in [0, 0.1) is 5.92 Å². The molecule has 2 rings (SSSR count). The van der Waals surface area contributed by atoms with Crippen LogP contribution >= 0.6 is 11.6 Å². The van der Waals surface area contributed by atoms with Crippen LogP contribution in [0.2, 0.25) is 0 Å². The smallest absolute Gasteiger partial charge is 0.303 e. The van der Waals surface area contributed by atoms with Crippen molar-refractivity contribution in [1.82, 2.24) is 0 Å². The Morgan fingerprint density at radius 3 is 2.56 bits per heavy atom. The number of carbonyl (C=O) groups excluding carboxylic acids is 1. The Bertz CT molecular complexity index is 391. The second kappa shape index (κ2) is 6.24. The Kier molecular flexibility index (Phi) is 4.65. The minimum Gasteiger partial charge on any atom is -0.457 e. The fraction of sp³-hybridized carbons (Fsp3) is 0.533. The van der Waals surface area contributed by atoms with Crippen LogP contribution in [-0.2, 0) is 9.53 Å². The normalized spacial score (nSPS) is 25.4. The average Bonchev–Trinajstić information content (AvgIpc) is 2.38. The molecular weight excluding hydrogens is 248 g/mol. The highest BCUT2D eigenvalue weighted by molar-refractivity contribution is 6.20. The molecule has 1 aliphatic rings. The van der Waals surface area contributed by atoms with Crippen LogP contribution in [-0.4, -0.2) is 11.3 Å². The van der Waals surface area contributed by atoms with Gasteiger partial charge in [0.1, 0.15) is 6.10 Å². The van der Waals surface area contributed by atoms with Crippen LogP contribution in [0.15, 0.2) is 30.3 Å². The van der Waals surface area contributed by atoms with Crippen LogP contribution in [0.1, 0.15) is 44.3 Å². The van der Waals surface area contributed by atoms with Gasteiger partial charge in [0.2, 0.25) is 0 Å². The predicted octanol–water partition coefficient (Wildman–Crippen LogP) is 4.09. The molecule has 0 heterocycles. The van der Waals surface area contributed by atoms with Crippen LogP contribution in [0.25, 0.3) is 0 Å². The lowest BCUT2D eigenvalue weighted by Crippen LogP contribution is -2.29. The number of benzene rings is 1. The van der Waals surface area contributed by atoms with Crippen LogP contribution in [0.5, 0.6) is 0 Å². The number of hydrogen-bond acceptors (Lipinski definition) is 2. The number of carbonyl (C=O) groups is 1. The summed E-state index contributed by atoms with van der Waals surface area (Å²) in [6, 6.07) is 9.92. The number of rotatable bonds is 3. The third-order valence-electron chi connectivity index (χ3n) is 3.54. The molecule has 0 amide bonds. The highest BCUT2D eigenvalue weighted by Gasteiger charge is 2.33. The van der Waals surface area contributed by atoms with Gasteiger partial charge in [-0.1, -0.05) is 43.2 Å². The topological polar surface area (TPSA) is 26.3 Å². The molecule has 0 spiro atoms. The summed E-state index contributed by atoms with van der Waals surface area (Å²) in [6.45, 7) is 1.46. The summed E-state index contributed by atoms with van der Waals surface area (Å²) < 4.78 is 5.52. The molecule has 1 aliphatic carbocycles. The molecule has 0 saturated heterocycles. The molecule has 1 saturated carbocycles. The van der Waals surface area contributed by atoms with E-state index >= 15 is 0 Å². The van der Waals surface area contributed by atoms with Gasteiger partial charge in [0, 0.05) is 18.2 Å². The summed E-state index contributed by atoms with van der Waals surface area (Å²) >= 11 is 6.42. The molecule has 0 aromatic heterocycles. The number of halogens is 1. The number of ether oxygens (including phenoxy) is 1. The molecule has 1 fully saturated rings. The van der Waals surface area contributed by atoms with Gasteiger partial charge in [0.25, 0.3) is 0 Å². The van der Waals surface area contributed by atoms with Gasteiger partial charge in [-0.15, -0.1) is 11.6 Å². The molecule has 1 aromatic rings.